The molecule has 272 valence electrons. The SMILES string of the molecule is COC(CCC[C@H](C)[C@@H](C)S(=O)(=O)NC=O)(CN1CCOCC1)[C@@H]1CC[C@H]1CN1CCCCc2cc(Cl)ccc2COc2ccc(C)cc21. The third-order valence-corrected chi connectivity index (χ3v) is 13.5. The Morgan fingerprint density at radius 3 is 2.59 bits per heavy atom. The smallest absolute Gasteiger partial charge is 0.237 e. The number of sulfonamides is 1. The molecule has 1 unspecified atom stereocenters. The number of benzene rings is 2. The molecule has 0 radical (unpaired) electrons. The standard InChI is InChI=1S/C38H56ClN3O6S/c1-28-10-15-37-36(22-28)42(17-6-5-9-31-23-34(39)13-11-33(31)25-48-37)24-32-12-14-35(32)38(46-4,26-41-18-20-47-21-19-41)16-7-8-29(2)30(3)49(44,45)40-27-43/h10-11,13,15,22-23,27,29-30,32,35H,5-9,12,14,16-21,24-26H2,1-4H3,(H,40,43)/t29-,30+,32-,35+,38?/m0/s1. The van der Waals surface area contributed by atoms with Gasteiger partial charge in [-0.2, -0.15) is 0 Å². The Labute approximate surface area is 299 Å². The minimum absolute atomic E-state index is 0.104. The quantitative estimate of drug-likeness (QED) is 0.225. The molecule has 1 saturated carbocycles. The highest BCUT2D eigenvalue weighted by Crippen LogP contribution is 2.48. The number of hydrogen-bond donors (Lipinski definition) is 1. The summed E-state index contributed by atoms with van der Waals surface area (Å²) in [5, 5.41) is 0.107. The van der Waals surface area contributed by atoms with Gasteiger partial charge in [0.25, 0.3) is 0 Å². The number of rotatable bonds is 14. The molecule has 2 aromatic rings. The average molecular weight is 718 g/mol. The number of nitrogens with zero attached hydrogens (tertiary/aromatic N) is 2. The summed E-state index contributed by atoms with van der Waals surface area (Å²) in [5.74, 6) is 1.63. The molecule has 1 aliphatic carbocycles. The van der Waals surface area contributed by atoms with Crippen LogP contribution in [0.1, 0.15) is 75.5 Å². The number of fused-ring (bicyclic) bond motifs is 2. The summed E-state index contributed by atoms with van der Waals surface area (Å²) >= 11 is 6.38. The molecule has 1 saturated heterocycles. The molecule has 0 bridgehead atoms. The summed E-state index contributed by atoms with van der Waals surface area (Å²) in [6.07, 6.45) is 8.04. The second-order valence-corrected chi connectivity index (χ2v) is 17.0. The van der Waals surface area contributed by atoms with Crippen molar-refractivity contribution in [2.24, 2.45) is 17.8 Å². The Hall–Kier alpha value is -2.37. The molecule has 2 heterocycles. The topological polar surface area (TPSA) is 97.4 Å². The highest BCUT2D eigenvalue weighted by Gasteiger charge is 2.49. The number of ether oxygens (including phenoxy) is 3. The molecular weight excluding hydrogens is 662 g/mol. The summed E-state index contributed by atoms with van der Waals surface area (Å²) < 4.78 is 46.0. The van der Waals surface area contributed by atoms with Gasteiger partial charge in [-0.1, -0.05) is 37.1 Å². The van der Waals surface area contributed by atoms with Gasteiger partial charge >= 0.3 is 0 Å². The maximum absolute atomic E-state index is 12.5. The van der Waals surface area contributed by atoms with Crippen LogP contribution < -0.4 is 14.4 Å². The van der Waals surface area contributed by atoms with Crippen molar-refractivity contribution in [2.75, 3.05) is 57.9 Å². The molecule has 0 aromatic heterocycles. The van der Waals surface area contributed by atoms with E-state index in [0.717, 1.165) is 114 Å². The molecule has 5 rings (SSSR count). The monoisotopic (exact) mass is 717 g/mol. The van der Waals surface area contributed by atoms with E-state index in [1.165, 1.54) is 16.7 Å². The molecule has 3 aliphatic rings. The minimum atomic E-state index is -3.69. The molecule has 2 aliphatic heterocycles. The maximum atomic E-state index is 12.5. The molecule has 2 aromatic carbocycles. The van der Waals surface area contributed by atoms with Crippen molar-refractivity contribution >= 4 is 33.7 Å². The van der Waals surface area contributed by atoms with Gasteiger partial charge < -0.3 is 19.1 Å². The van der Waals surface area contributed by atoms with E-state index < -0.39 is 15.3 Å². The van der Waals surface area contributed by atoms with Crippen LogP contribution in [-0.4, -0.2) is 83.6 Å². The van der Waals surface area contributed by atoms with Gasteiger partial charge in [0.1, 0.15) is 12.4 Å². The first-order chi connectivity index (χ1) is 23.5. The average Bonchev–Trinajstić information content (AvgIpc) is 3.10. The lowest BCUT2D eigenvalue weighted by Crippen LogP contribution is -2.58. The highest BCUT2D eigenvalue weighted by atomic mass is 35.5. The first-order valence-corrected chi connectivity index (χ1v) is 20.0. The predicted molar refractivity (Wildman–Crippen MR) is 196 cm³/mol. The number of carbonyl (C=O) groups excluding carboxylic acids is 1. The van der Waals surface area contributed by atoms with Gasteiger partial charge in [0.05, 0.1) is 29.8 Å². The molecule has 49 heavy (non-hydrogen) atoms. The van der Waals surface area contributed by atoms with E-state index in [9.17, 15) is 13.2 Å². The fourth-order valence-electron chi connectivity index (χ4n) is 8.09. The third kappa shape index (κ3) is 9.50. The lowest BCUT2D eigenvalue weighted by molar-refractivity contribution is -0.137. The largest absolute Gasteiger partial charge is 0.487 e. The Morgan fingerprint density at radius 2 is 1.88 bits per heavy atom. The van der Waals surface area contributed by atoms with Crippen LogP contribution in [0.25, 0.3) is 0 Å². The number of amides is 1. The van der Waals surface area contributed by atoms with Gasteiger partial charge in [-0.05, 0) is 118 Å². The number of methoxy groups -OCH3 is 1. The normalized spacial score (nSPS) is 23.0. The van der Waals surface area contributed by atoms with E-state index in [0.29, 0.717) is 18.4 Å². The van der Waals surface area contributed by atoms with Crippen LogP contribution in [-0.2, 0) is 37.3 Å². The van der Waals surface area contributed by atoms with Crippen LogP contribution in [0.15, 0.2) is 36.4 Å². The van der Waals surface area contributed by atoms with Gasteiger partial charge in [0.2, 0.25) is 16.4 Å². The summed E-state index contributed by atoms with van der Waals surface area (Å²) in [6.45, 7) is 12.2. The predicted octanol–water partition coefficient (Wildman–Crippen LogP) is 6.38. The van der Waals surface area contributed by atoms with Crippen LogP contribution in [0.4, 0.5) is 5.69 Å². The lowest BCUT2D eigenvalue weighted by Gasteiger charge is -2.53. The number of aryl methyl sites for hydroxylation is 2. The van der Waals surface area contributed by atoms with Gasteiger partial charge in [-0.3, -0.25) is 14.4 Å². The molecule has 2 fully saturated rings. The number of halogens is 1. The van der Waals surface area contributed by atoms with Crippen molar-refractivity contribution in [2.45, 2.75) is 89.6 Å². The van der Waals surface area contributed by atoms with Crippen LogP contribution >= 0.6 is 11.6 Å². The minimum Gasteiger partial charge on any atom is -0.487 e. The number of nitrogens with one attached hydrogen (secondary N) is 1. The van der Waals surface area contributed by atoms with Crippen molar-refractivity contribution < 1.29 is 27.4 Å². The summed E-state index contributed by atoms with van der Waals surface area (Å²) in [5.41, 5.74) is 4.48. The Bertz CT molecular complexity index is 1500. The van der Waals surface area contributed by atoms with Crippen LogP contribution in [0, 0.1) is 24.7 Å². The van der Waals surface area contributed by atoms with Crippen LogP contribution in [0.5, 0.6) is 5.75 Å². The molecular formula is C38H56ClN3O6S. The van der Waals surface area contributed by atoms with E-state index in [1.807, 2.05) is 24.8 Å². The fourth-order valence-corrected chi connectivity index (χ4v) is 9.38. The van der Waals surface area contributed by atoms with Crippen molar-refractivity contribution in [1.29, 1.82) is 0 Å². The van der Waals surface area contributed by atoms with E-state index >= 15 is 0 Å². The first kappa shape index (κ1) is 37.9. The Kier molecular flexibility index (Phi) is 13.3. The number of anilines is 1. The first-order valence-electron chi connectivity index (χ1n) is 18.1. The van der Waals surface area contributed by atoms with E-state index in [-0.39, 0.29) is 17.9 Å². The molecule has 0 spiro atoms. The molecule has 1 N–H and O–H groups in total. The zero-order chi connectivity index (χ0) is 35.0. The summed E-state index contributed by atoms with van der Waals surface area (Å²) in [6, 6.07) is 12.7. The van der Waals surface area contributed by atoms with Crippen LogP contribution in [0.2, 0.25) is 5.02 Å². The van der Waals surface area contributed by atoms with Crippen molar-refractivity contribution in [1.82, 2.24) is 9.62 Å². The van der Waals surface area contributed by atoms with Gasteiger partial charge in [0.15, 0.2) is 0 Å². The van der Waals surface area contributed by atoms with Crippen molar-refractivity contribution in [3.63, 3.8) is 0 Å². The van der Waals surface area contributed by atoms with Crippen molar-refractivity contribution in [3.05, 3.63) is 58.1 Å². The lowest BCUT2D eigenvalue weighted by atomic mass is 9.62. The van der Waals surface area contributed by atoms with Gasteiger partial charge in [-0.15, -0.1) is 0 Å². The fraction of sp³-hybridized carbons (Fsp3) is 0.658. The Balaban J connectivity index is 1.35. The molecule has 5 atom stereocenters. The van der Waals surface area contributed by atoms with E-state index in [2.05, 4.69) is 47.1 Å². The number of carbonyl (C=O) groups is 1. The van der Waals surface area contributed by atoms with Gasteiger partial charge in [0, 0.05) is 44.9 Å². The third-order valence-electron chi connectivity index (χ3n) is 11.4. The van der Waals surface area contributed by atoms with E-state index in [4.69, 9.17) is 25.8 Å². The highest BCUT2D eigenvalue weighted by molar-refractivity contribution is 7.90. The summed E-state index contributed by atoms with van der Waals surface area (Å²) in [4.78, 5) is 15.9. The molecule has 9 nitrogen and oxygen atoms in total. The summed E-state index contributed by atoms with van der Waals surface area (Å²) in [7, 11) is -1.82. The van der Waals surface area contributed by atoms with Crippen LogP contribution in [0.3, 0.4) is 0 Å². The molecule has 11 heteroatoms. The van der Waals surface area contributed by atoms with E-state index in [1.54, 1.807) is 6.92 Å². The van der Waals surface area contributed by atoms with Crippen molar-refractivity contribution in [3.8, 4) is 5.75 Å². The maximum Gasteiger partial charge on any atom is 0.237 e. The second-order valence-electron chi connectivity index (χ2n) is 14.5. The Morgan fingerprint density at radius 1 is 1.08 bits per heavy atom. The molecule has 1 amide bonds. The van der Waals surface area contributed by atoms with Gasteiger partial charge in [-0.25, -0.2) is 8.42 Å². The second kappa shape index (κ2) is 17.2. The zero-order valence-corrected chi connectivity index (χ0v) is 31.4. The number of morpholine rings is 1. The number of hydrogen-bond acceptors (Lipinski definition) is 8. The zero-order valence-electron chi connectivity index (χ0n) is 29.8.